The second-order valence-corrected chi connectivity index (χ2v) is 3.59. The van der Waals surface area contributed by atoms with E-state index in [-0.39, 0.29) is 11.3 Å². The lowest BCUT2D eigenvalue weighted by Crippen LogP contribution is -2.22. The molecule has 1 aliphatic rings. The quantitative estimate of drug-likeness (QED) is 0.642. The van der Waals surface area contributed by atoms with E-state index in [0.29, 0.717) is 4.48 Å². The van der Waals surface area contributed by atoms with Gasteiger partial charge in [0.05, 0.1) is 11.3 Å². The van der Waals surface area contributed by atoms with E-state index in [4.69, 9.17) is 0 Å². The summed E-state index contributed by atoms with van der Waals surface area (Å²) in [7, 11) is 0. The van der Waals surface area contributed by atoms with Gasteiger partial charge in [-0.2, -0.15) is 13.2 Å². The van der Waals surface area contributed by atoms with E-state index in [1.807, 2.05) is 0 Å². The first-order valence-corrected chi connectivity index (χ1v) is 4.64. The van der Waals surface area contributed by atoms with Gasteiger partial charge in [-0.1, -0.05) is 15.9 Å². The zero-order valence-electron chi connectivity index (χ0n) is 7.51. The van der Waals surface area contributed by atoms with Crippen molar-refractivity contribution in [2.24, 2.45) is 4.99 Å². The standard InChI is InChI=1S/C9H3BrF3NO2/c10-6-1-2-7(5(3-6)4-15)14-8(16)9(11,12)13/h1-3H. The van der Waals surface area contributed by atoms with Crippen LogP contribution in [0.25, 0.3) is 0 Å². The Morgan fingerprint density at radius 3 is 2.50 bits per heavy atom. The molecule has 0 saturated carbocycles. The Kier molecular flexibility index (Phi) is 3.62. The number of rotatable bonds is 0. The van der Waals surface area contributed by atoms with E-state index in [1.54, 1.807) is 0 Å². The van der Waals surface area contributed by atoms with Crippen molar-refractivity contribution < 1.29 is 22.8 Å². The van der Waals surface area contributed by atoms with Gasteiger partial charge in [0.1, 0.15) is 5.94 Å². The number of carbonyl (C=O) groups is 1. The summed E-state index contributed by atoms with van der Waals surface area (Å²) in [6, 6.07) is 0. The van der Waals surface area contributed by atoms with Crippen LogP contribution in [0.1, 0.15) is 0 Å². The third-order valence-corrected chi connectivity index (χ3v) is 2.03. The van der Waals surface area contributed by atoms with E-state index < -0.39 is 12.1 Å². The summed E-state index contributed by atoms with van der Waals surface area (Å²) >= 11 is 3.02. The molecular weight excluding hydrogens is 291 g/mol. The van der Waals surface area contributed by atoms with Crippen molar-refractivity contribution in [2.45, 2.75) is 6.18 Å². The molecule has 0 heterocycles. The normalized spacial score (nSPS) is 18.4. The molecule has 16 heavy (non-hydrogen) atoms. The summed E-state index contributed by atoms with van der Waals surface area (Å²) in [6.45, 7) is 0. The highest BCUT2D eigenvalue weighted by molar-refractivity contribution is 9.11. The molecule has 0 unspecified atom stereocenters. The number of hydrogen-bond donors (Lipinski definition) is 0. The molecule has 1 rings (SSSR count). The van der Waals surface area contributed by atoms with Crippen LogP contribution in [0.15, 0.2) is 33.3 Å². The minimum Gasteiger partial charge on any atom is -0.262 e. The highest BCUT2D eigenvalue weighted by atomic mass is 79.9. The van der Waals surface area contributed by atoms with Gasteiger partial charge < -0.3 is 0 Å². The van der Waals surface area contributed by atoms with Crippen LogP contribution in [0, 0.1) is 0 Å². The molecule has 0 aromatic heterocycles. The first kappa shape index (κ1) is 12.6. The Balaban J connectivity index is 3.08. The van der Waals surface area contributed by atoms with Crippen LogP contribution in [-0.4, -0.2) is 23.7 Å². The van der Waals surface area contributed by atoms with Crippen LogP contribution in [0.3, 0.4) is 0 Å². The Morgan fingerprint density at radius 2 is 2.00 bits per heavy atom. The van der Waals surface area contributed by atoms with Gasteiger partial charge in [-0.25, -0.2) is 9.79 Å². The molecule has 3 nitrogen and oxygen atoms in total. The fraction of sp³-hybridized carbons (Fsp3) is 0.111. The number of amides is 1. The molecule has 1 aliphatic carbocycles. The number of nitrogens with zero attached hydrogens (tertiary/aromatic N) is 1. The van der Waals surface area contributed by atoms with Crippen LogP contribution in [-0.2, 0) is 9.59 Å². The van der Waals surface area contributed by atoms with Gasteiger partial charge in [0.25, 0.3) is 0 Å². The molecule has 0 N–H and O–H groups in total. The number of aliphatic imine (C=N–C) groups is 1. The smallest absolute Gasteiger partial charge is 0.262 e. The van der Waals surface area contributed by atoms with Gasteiger partial charge in [0, 0.05) is 4.48 Å². The number of halogens is 4. The fourth-order valence-electron chi connectivity index (χ4n) is 0.860. The molecule has 84 valence electrons. The Hall–Kier alpha value is -1.46. The van der Waals surface area contributed by atoms with Crippen LogP contribution in [0.5, 0.6) is 0 Å². The average molecular weight is 294 g/mol. The van der Waals surface area contributed by atoms with E-state index >= 15 is 0 Å². The SMILES string of the molecule is O=C=C1C=C(Br)C=CC1=NC(=O)C(F)(F)F. The van der Waals surface area contributed by atoms with Gasteiger partial charge in [-0.15, -0.1) is 0 Å². The van der Waals surface area contributed by atoms with Crippen LogP contribution in [0.2, 0.25) is 0 Å². The fourth-order valence-corrected chi connectivity index (χ4v) is 1.22. The molecular formula is C9H3BrF3NO2. The molecule has 0 fully saturated rings. The minimum absolute atomic E-state index is 0.216. The number of allylic oxidation sites excluding steroid dienone is 5. The predicted octanol–water partition coefficient (Wildman–Crippen LogP) is 2.12. The summed E-state index contributed by atoms with van der Waals surface area (Å²) < 4.78 is 36.2. The summed E-state index contributed by atoms with van der Waals surface area (Å²) in [4.78, 5) is 23.8. The maximum absolute atomic E-state index is 11.9. The van der Waals surface area contributed by atoms with Crippen LogP contribution < -0.4 is 0 Å². The third kappa shape index (κ3) is 3.01. The average Bonchev–Trinajstić information content (AvgIpc) is 2.19. The monoisotopic (exact) mass is 293 g/mol. The second-order valence-electron chi connectivity index (χ2n) is 2.68. The highest BCUT2D eigenvalue weighted by Crippen LogP contribution is 2.20. The maximum Gasteiger partial charge on any atom is 0.473 e. The highest BCUT2D eigenvalue weighted by Gasteiger charge is 2.39. The summed E-state index contributed by atoms with van der Waals surface area (Å²) in [6.07, 6.45) is -1.35. The van der Waals surface area contributed by atoms with Crippen LogP contribution in [0.4, 0.5) is 13.2 Å². The Bertz CT molecular complexity index is 468. The van der Waals surface area contributed by atoms with E-state index in [2.05, 4.69) is 20.9 Å². The predicted molar refractivity (Wildman–Crippen MR) is 53.9 cm³/mol. The van der Waals surface area contributed by atoms with Crippen molar-refractivity contribution >= 4 is 33.5 Å². The second kappa shape index (κ2) is 4.59. The van der Waals surface area contributed by atoms with Gasteiger partial charge in [0.2, 0.25) is 0 Å². The number of hydrogen-bond acceptors (Lipinski definition) is 2. The van der Waals surface area contributed by atoms with E-state index in [9.17, 15) is 22.8 Å². The summed E-state index contributed by atoms with van der Waals surface area (Å²) in [5.41, 5.74) is -0.576. The zero-order chi connectivity index (χ0) is 12.3. The van der Waals surface area contributed by atoms with E-state index in [1.165, 1.54) is 18.1 Å². The lowest BCUT2D eigenvalue weighted by Gasteiger charge is -2.05. The van der Waals surface area contributed by atoms with Crippen molar-refractivity contribution in [3.8, 4) is 0 Å². The minimum atomic E-state index is -5.05. The Labute approximate surface area is 96.2 Å². The van der Waals surface area contributed by atoms with Crippen molar-refractivity contribution in [2.75, 3.05) is 0 Å². The Morgan fingerprint density at radius 1 is 1.38 bits per heavy atom. The van der Waals surface area contributed by atoms with Crippen molar-refractivity contribution in [1.82, 2.24) is 0 Å². The van der Waals surface area contributed by atoms with Gasteiger partial charge in [0.15, 0.2) is 0 Å². The molecule has 7 heteroatoms. The maximum atomic E-state index is 11.9. The number of carbonyl (C=O) groups excluding carboxylic acids is 2. The molecule has 1 amide bonds. The topological polar surface area (TPSA) is 46.5 Å². The molecule has 0 bridgehead atoms. The van der Waals surface area contributed by atoms with Gasteiger partial charge in [-0.3, -0.25) is 4.79 Å². The van der Waals surface area contributed by atoms with Crippen molar-refractivity contribution in [3.63, 3.8) is 0 Å². The third-order valence-electron chi connectivity index (χ3n) is 1.53. The zero-order valence-corrected chi connectivity index (χ0v) is 9.09. The lowest BCUT2D eigenvalue weighted by atomic mass is 10.1. The summed E-state index contributed by atoms with van der Waals surface area (Å²) in [5, 5.41) is 0. The summed E-state index contributed by atoms with van der Waals surface area (Å²) in [5.74, 6) is -0.858. The molecule has 0 radical (unpaired) electrons. The van der Waals surface area contributed by atoms with Crippen LogP contribution >= 0.6 is 15.9 Å². The molecule has 0 aliphatic heterocycles. The first-order chi connectivity index (χ1) is 7.34. The number of alkyl halides is 3. The molecule has 0 atom stereocenters. The largest absolute Gasteiger partial charge is 0.473 e. The van der Waals surface area contributed by atoms with E-state index in [0.717, 1.165) is 6.08 Å². The molecule has 0 spiro atoms. The van der Waals surface area contributed by atoms with Crippen molar-refractivity contribution in [3.05, 3.63) is 28.3 Å². The van der Waals surface area contributed by atoms with Gasteiger partial charge in [-0.05, 0) is 18.2 Å². The molecule has 0 aromatic rings. The first-order valence-electron chi connectivity index (χ1n) is 3.85. The lowest BCUT2D eigenvalue weighted by molar-refractivity contribution is -0.169. The van der Waals surface area contributed by atoms with Gasteiger partial charge >= 0.3 is 12.1 Å². The molecule has 0 aromatic carbocycles. The van der Waals surface area contributed by atoms with Crippen molar-refractivity contribution in [1.29, 1.82) is 0 Å². The molecule has 0 saturated heterocycles.